The highest BCUT2D eigenvalue weighted by Crippen LogP contribution is 2.39. The van der Waals surface area contributed by atoms with E-state index in [-0.39, 0.29) is 18.2 Å². The Morgan fingerprint density at radius 1 is 1.20 bits per heavy atom. The summed E-state index contributed by atoms with van der Waals surface area (Å²) >= 11 is 1.50. The van der Waals surface area contributed by atoms with Crippen molar-refractivity contribution in [1.82, 2.24) is 5.32 Å². The molecule has 5 heteroatoms. The molecule has 0 radical (unpaired) electrons. The van der Waals surface area contributed by atoms with E-state index in [4.69, 9.17) is 0 Å². The Morgan fingerprint density at radius 2 is 2.00 bits per heavy atom. The largest absolute Gasteiger partial charge is 0.296 e. The van der Waals surface area contributed by atoms with Crippen LogP contribution in [0.5, 0.6) is 0 Å². The Hall–Kier alpha value is -2.01. The number of hydrogen-bond donors (Lipinski definition) is 1. The fourth-order valence-electron chi connectivity index (χ4n) is 2.65. The lowest BCUT2D eigenvalue weighted by molar-refractivity contribution is -0.135. The van der Waals surface area contributed by atoms with E-state index in [0.29, 0.717) is 5.56 Å². The zero-order valence-electron chi connectivity index (χ0n) is 10.5. The molecule has 2 atom stereocenters. The number of nitrogens with one attached hydrogen (secondary N) is 1. The summed E-state index contributed by atoms with van der Waals surface area (Å²) < 4.78 is 14.0. The van der Waals surface area contributed by atoms with Crippen LogP contribution in [0.25, 0.3) is 0 Å². The highest BCUT2D eigenvalue weighted by Gasteiger charge is 2.39. The van der Waals surface area contributed by atoms with Crippen LogP contribution in [0.15, 0.2) is 41.1 Å². The first-order valence-corrected chi connectivity index (χ1v) is 7.21. The van der Waals surface area contributed by atoms with Crippen LogP contribution in [-0.2, 0) is 9.59 Å². The van der Waals surface area contributed by atoms with Crippen molar-refractivity contribution in [3.05, 3.63) is 58.0 Å². The molecule has 102 valence electrons. The second-order valence-electron chi connectivity index (χ2n) is 4.78. The van der Waals surface area contributed by atoms with Gasteiger partial charge in [0.05, 0.1) is 5.92 Å². The minimum absolute atomic E-state index is 0.196. The van der Waals surface area contributed by atoms with Crippen LogP contribution in [-0.4, -0.2) is 11.8 Å². The Bertz CT molecular complexity index is 654. The molecule has 0 aliphatic carbocycles. The Kier molecular flexibility index (Phi) is 3.36. The van der Waals surface area contributed by atoms with Crippen LogP contribution in [0.1, 0.15) is 29.4 Å². The quantitative estimate of drug-likeness (QED) is 0.864. The van der Waals surface area contributed by atoms with Crippen LogP contribution in [0.3, 0.4) is 0 Å². The van der Waals surface area contributed by atoms with Crippen LogP contribution in [0.4, 0.5) is 4.39 Å². The highest BCUT2D eigenvalue weighted by molar-refractivity contribution is 7.08. The highest BCUT2D eigenvalue weighted by atomic mass is 32.1. The first-order valence-electron chi connectivity index (χ1n) is 6.27. The molecule has 2 amide bonds. The zero-order chi connectivity index (χ0) is 14.1. The minimum atomic E-state index is -0.663. The molecule has 0 spiro atoms. The minimum Gasteiger partial charge on any atom is -0.296 e. The Balaban J connectivity index is 2.07. The average Bonchev–Trinajstić information content (AvgIpc) is 2.93. The summed E-state index contributed by atoms with van der Waals surface area (Å²) in [4.78, 5) is 23.8. The zero-order valence-corrected chi connectivity index (χ0v) is 11.3. The summed E-state index contributed by atoms with van der Waals surface area (Å²) in [5, 5.41) is 6.11. The fourth-order valence-corrected chi connectivity index (χ4v) is 3.37. The van der Waals surface area contributed by atoms with E-state index >= 15 is 0 Å². The van der Waals surface area contributed by atoms with Gasteiger partial charge in [0, 0.05) is 17.9 Å². The molecule has 0 saturated carbocycles. The van der Waals surface area contributed by atoms with Crippen LogP contribution in [0, 0.1) is 5.82 Å². The van der Waals surface area contributed by atoms with Crippen molar-refractivity contribution in [1.29, 1.82) is 0 Å². The third kappa shape index (κ3) is 2.25. The molecule has 1 aliphatic rings. The molecule has 1 fully saturated rings. The monoisotopic (exact) mass is 289 g/mol. The maximum Gasteiger partial charge on any atom is 0.234 e. The van der Waals surface area contributed by atoms with Gasteiger partial charge in [-0.2, -0.15) is 11.3 Å². The topological polar surface area (TPSA) is 46.2 Å². The molecule has 1 aromatic carbocycles. The van der Waals surface area contributed by atoms with Crippen molar-refractivity contribution in [3.8, 4) is 0 Å². The third-order valence-electron chi connectivity index (χ3n) is 3.56. The number of benzene rings is 1. The molecule has 2 aromatic rings. The van der Waals surface area contributed by atoms with E-state index in [9.17, 15) is 14.0 Å². The van der Waals surface area contributed by atoms with Gasteiger partial charge in [-0.15, -0.1) is 0 Å². The number of piperidine rings is 1. The molecular formula is C15H12FNO2S. The molecule has 2 heterocycles. The van der Waals surface area contributed by atoms with Crippen molar-refractivity contribution < 1.29 is 14.0 Å². The first-order chi connectivity index (χ1) is 9.66. The lowest BCUT2D eigenvalue weighted by Crippen LogP contribution is -2.43. The number of thiophene rings is 1. The van der Waals surface area contributed by atoms with Gasteiger partial charge in [0.1, 0.15) is 5.82 Å². The predicted molar refractivity (Wildman–Crippen MR) is 74.0 cm³/mol. The molecular weight excluding hydrogens is 277 g/mol. The maximum atomic E-state index is 14.0. The van der Waals surface area contributed by atoms with Crippen LogP contribution in [0.2, 0.25) is 0 Å². The van der Waals surface area contributed by atoms with Crippen molar-refractivity contribution in [2.45, 2.75) is 18.3 Å². The summed E-state index contributed by atoms with van der Waals surface area (Å²) in [5.41, 5.74) is 1.25. The molecule has 3 nitrogen and oxygen atoms in total. The number of hydrogen-bond acceptors (Lipinski definition) is 3. The van der Waals surface area contributed by atoms with Gasteiger partial charge in [0.25, 0.3) is 0 Å². The van der Waals surface area contributed by atoms with Gasteiger partial charge in [0.2, 0.25) is 11.8 Å². The lowest BCUT2D eigenvalue weighted by Gasteiger charge is -2.30. The first kappa shape index (κ1) is 13.0. The molecule has 1 saturated heterocycles. The SMILES string of the molecule is O=C1CC(c2ccsc2)C(c2ccccc2F)C(=O)N1. The molecule has 3 rings (SSSR count). The van der Waals surface area contributed by atoms with Gasteiger partial charge in [0.15, 0.2) is 0 Å². The van der Waals surface area contributed by atoms with E-state index in [1.807, 2.05) is 16.8 Å². The summed E-state index contributed by atoms with van der Waals surface area (Å²) in [6.45, 7) is 0. The molecule has 1 aliphatic heterocycles. The number of rotatable bonds is 2. The van der Waals surface area contributed by atoms with Gasteiger partial charge in [-0.25, -0.2) is 4.39 Å². The second kappa shape index (κ2) is 5.17. The Labute approximate surface area is 119 Å². The molecule has 1 aromatic heterocycles. The van der Waals surface area contributed by atoms with E-state index in [2.05, 4.69) is 5.32 Å². The fraction of sp³-hybridized carbons (Fsp3) is 0.200. The summed E-state index contributed by atoms with van der Waals surface area (Å²) in [6, 6.07) is 8.12. The van der Waals surface area contributed by atoms with Gasteiger partial charge in [-0.3, -0.25) is 14.9 Å². The molecule has 1 N–H and O–H groups in total. The van der Waals surface area contributed by atoms with Crippen molar-refractivity contribution >= 4 is 23.2 Å². The summed E-state index contributed by atoms with van der Waals surface area (Å²) in [6.07, 6.45) is 0.196. The van der Waals surface area contributed by atoms with Crippen molar-refractivity contribution in [3.63, 3.8) is 0 Å². The van der Waals surface area contributed by atoms with Crippen molar-refractivity contribution in [2.75, 3.05) is 0 Å². The maximum absolute atomic E-state index is 14.0. The third-order valence-corrected chi connectivity index (χ3v) is 4.27. The number of carbonyl (C=O) groups is 2. The normalized spacial score (nSPS) is 22.6. The molecule has 20 heavy (non-hydrogen) atoms. The molecule has 2 unspecified atom stereocenters. The van der Waals surface area contributed by atoms with E-state index in [1.54, 1.807) is 18.2 Å². The standard InChI is InChI=1S/C15H12FNO2S/c16-12-4-2-1-3-10(12)14-11(9-5-6-20-8-9)7-13(18)17-15(14)19/h1-6,8,11,14H,7H2,(H,17,18,19). The van der Waals surface area contributed by atoms with Gasteiger partial charge < -0.3 is 0 Å². The number of imide groups is 1. The lowest BCUT2D eigenvalue weighted by atomic mass is 9.77. The van der Waals surface area contributed by atoms with Crippen LogP contribution < -0.4 is 5.32 Å². The molecule has 0 bridgehead atoms. The van der Waals surface area contributed by atoms with Gasteiger partial charge in [-0.1, -0.05) is 18.2 Å². The van der Waals surface area contributed by atoms with Crippen molar-refractivity contribution in [2.24, 2.45) is 0 Å². The predicted octanol–water partition coefficient (Wildman–Crippen LogP) is 2.80. The average molecular weight is 289 g/mol. The van der Waals surface area contributed by atoms with Crippen LogP contribution >= 0.6 is 11.3 Å². The summed E-state index contributed by atoms with van der Waals surface area (Å²) in [5.74, 6) is -2.12. The number of amides is 2. The number of halogens is 1. The second-order valence-corrected chi connectivity index (χ2v) is 5.56. The summed E-state index contributed by atoms with van der Waals surface area (Å²) in [7, 11) is 0. The van der Waals surface area contributed by atoms with E-state index < -0.39 is 17.6 Å². The van der Waals surface area contributed by atoms with E-state index in [0.717, 1.165) is 5.56 Å². The van der Waals surface area contributed by atoms with Gasteiger partial charge >= 0.3 is 0 Å². The van der Waals surface area contributed by atoms with Gasteiger partial charge in [-0.05, 0) is 28.5 Å². The van der Waals surface area contributed by atoms with E-state index in [1.165, 1.54) is 17.4 Å². The Morgan fingerprint density at radius 3 is 2.70 bits per heavy atom. The smallest absolute Gasteiger partial charge is 0.234 e. The number of carbonyl (C=O) groups excluding carboxylic acids is 2.